The first-order chi connectivity index (χ1) is 8.34. The Labute approximate surface area is 109 Å². The molecule has 0 unspecified atom stereocenters. The first kappa shape index (κ1) is 14.8. The number of carbonyl (C=O) groups is 2. The molecule has 0 bridgehead atoms. The van der Waals surface area contributed by atoms with Crippen molar-refractivity contribution in [2.75, 3.05) is 13.1 Å². The molecule has 1 atom stereocenters. The van der Waals surface area contributed by atoms with Crippen LogP contribution < -0.4 is 0 Å². The predicted octanol–water partition coefficient (Wildman–Crippen LogP) is 2.02. The summed E-state index contributed by atoms with van der Waals surface area (Å²) in [7, 11) is 0. The normalized spacial score (nSPS) is 19.7. The number of carboxylic acid groups (broad SMARTS) is 1. The molecule has 2 amide bonds. The number of urea groups is 1. The number of hydrogen-bond donors (Lipinski definition) is 1. The van der Waals surface area contributed by atoms with Gasteiger partial charge in [-0.2, -0.15) is 0 Å². The van der Waals surface area contributed by atoms with Crippen molar-refractivity contribution >= 4 is 12.0 Å². The van der Waals surface area contributed by atoms with Crippen LogP contribution in [0.5, 0.6) is 0 Å². The molecule has 1 saturated heterocycles. The zero-order valence-electron chi connectivity index (χ0n) is 11.7. The van der Waals surface area contributed by atoms with Crippen molar-refractivity contribution in [1.29, 1.82) is 0 Å². The molecule has 1 N–H and O–H groups in total. The van der Waals surface area contributed by atoms with E-state index in [0.29, 0.717) is 25.4 Å². The van der Waals surface area contributed by atoms with E-state index in [-0.39, 0.29) is 12.1 Å². The van der Waals surface area contributed by atoms with Gasteiger partial charge in [-0.05, 0) is 32.6 Å². The summed E-state index contributed by atoms with van der Waals surface area (Å²) in [4.78, 5) is 26.8. The fourth-order valence-corrected chi connectivity index (χ4v) is 2.32. The van der Waals surface area contributed by atoms with E-state index in [1.54, 1.807) is 4.90 Å². The summed E-state index contributed by atoms with van der Waals surface area (Å²) >= 11 is 0. The molecule has 0 aromatic heterocycles. The van der Waals surface area contributed by atoms with Crippen LogP contribution >= 0.6 is 0 Å². The van der Waals surface area contributed by atoms with Gasteiger partial charge in [0.05, 0.1) is 0 Å². The molecule has 5 nitrogen and oxygen atoms in total. The highest BCUT2D eigenvalue weighted by atomic mass is 16.4. The zero-order valence-corrected chi connectivity index (χ0v) is 11.7. The highest BCUT2D eigenvalue weighted by Gasteiger charge is 2.36. The van der Waals surface area contributed by atoms with Crippen molar-refractivity contribution in [3.05, 3.63) is 0 Å². The lowest BCUT2D eigenvalue weighted by atomic mass is 10.2. The minimum absolute atomic E-state index is 0.0925. The number of nitrogens with zero attached hydrogens (tertiary/aromatic N) is 2. The van der Waals surface area contributed by atoms with Gasteiger partial charge < -0.3 is 14.9 Å². The number of hydrogen-bond acceptors (Lipinski definition) is 2. The summed E-state index contributed by atoms with van der Waals surface area (Å²) < 4.78 is 0. The Bertz CT molecular complexity index is 315. The molecule has 0 spiro atoms. The largest absolute Gasteiger partial charge is 0.480 e. The average Bonchev–Trinajstić information content (AvgIpc) is 2.73. The third kappa shape index (κ3) is 3.37. The molecule has 1 fully saturated rings. The number of amides is 2. The number of aliphatic carboxylic acids is 1. The molecule has 1 aliphatic rings. The highest BCUT2D eigenvalue weighted by molar-refractivity contribution is 5.83. The Morgan fingerprint density at radius 2 is 1.94 bits per heavy atom. The Morgan fingerprint density at radius 3 is 2.39 bits per heavy atom. The molecule has 1 heterocycles. The number of carbonyl (C=O) groups excluding carboxylic acids is 1. The minimum atomic E-state index is -0.894. The Morgan fingerprint density at radius 1 is 1.33 bits per heavy atom. The Balaban J connectivity index is 2.79. The van der Waals surface area contributed by atoms with E-state index in [1.807, 2.05) is 13.8 Å². The lowest BCUT2D eigenvalue weighted by molar-refractivity contribution is -0.141. The lowest BCUT2D eigenvalue weighted by Gasteiger charge is -2.34. The van der Waals surface area contributed by atoms with E-state index in [9.17, 15) is 9.59 Å². The molecular weight excluding hydrogens is 232 g/mol. The van der Waals surface area contributed by atoms with Gasteiger partial charge in [-0.3, -0.25) is 0 Å². The fraction of sp³-hybridized carbons (Fsp3) is 0.846. The van der Waals surface area contributed by atoms with Crippen LogP contribution in [-0.4, -0.2) is 52.1 Å². The molecule has 0 aromatic rings. The monoisotopic (exact) mass is 256 g/mol. The first-order valence-corrected chi connectivity index (χ1v) is 6.64. The van der Waals surface area contributed by atoms with E-state index in [2.05, 4.69) is 13.8 Å². The molecule has 0 aromatic carbocycles. The van der Waals surface area contributed by atoms with Crippen LogP contribution in [0.25, 0.3) is 0 Å². The third-order valence-corrected chi connectivity index (χ3v) is 3.21. The summed E-state index contributed by atoms with van der Waals surface area (Å²) in [6, 6.07) is -0.690. The van der Waals surface area contributed by atoms with Gasteiger partial charge in [0.1, 0.15) is 6.04 Å². The van der Waals surface area contributed by atoms with Crippen molar-refractivity contribution < 1.29 is 14.7 Å². The van der Waals surface area contributed by atoms with E-state index in [4.69, 9.17) is 5.11 Å². The predicted molar refractivity (Wildman–Crippen MR) is 69.4 cm³/mol. The standard InChI is InChI=1S/C13H24N2O3/c1-9(2)8-15(10(3)4)13(18)14-7-5-6-11(14)12(16)17/h9-11H,5-8H2,1-4H3,(H,16,17)/t11-/m0/s1. The molecule has 1 rings (SSSR count). The summed E-state index contributed by atoms with van der Waals surface area (Å²) in [5.41, 5.74) is 0. The van der Waals surface area contributed by atoms with Crippen molar-refractivity contribution in [2.45, 2.75) is 52.6 Å². The van der Waals surface area contributed by atoms with Gasteiger partial charge in [0.25, 0.3) is 0 Å². The third-order valence-electron chi connectivity index (χ3n) is 3.21. The minimum Gasteiger partial charge on any atom is -0.480 e. The van der Waals surface area contributed by atoms with Crippen LogP contribution in [0, 0.1) is 5.92 Å². The van der Waals surface area contributed by atoms with E-state index in [1.165, 1.54) is 4.90 Å². The number of rotatable bonds is 4. The van der Waals surface area contributed by atoms with Gasteiger partial charge in [0.15, 0.2) is 0 Å². The molecular formula is C13H24N2O3. The number of carboxylic acids is 1. The van der Waals surface area contributed by atoms with Crippen molar-refractivity contribution in [1.82, 2.24) is 9.80 Å². The van der Waals surface area contributed by atoms with Crippen LogP contribution in [-0.2, 0) is 4.79 Å². The summed E-state index contributed by atoms with van der Waals surface area (Å²) in [6.07, 6.45) is 1.34. The topological polar surface area (TPSA) is 60.9 Å². The second kappa shape index (κ2) is 6.07. The molecule has 18 heavy (non-hydrogen) atoms. The van der Waals surface area contributed by atoms with Crippen molar-refractivity contribution in [3.63, 3.8) is 0 Å². The van der Waals surface area contributed by atoms with Crippen molar-refractivity contribution in [2.24, 2.45) is 5.92 Å². The lowest BCUT2D eigenvalue weighted by Crippen LogP contribution is -2.51. The van der Waals surface area contributed by atoms with E-state index in [0.717, 1.165) is 6.42 Å². The van der Waals surface area contributed by atoms with Crippen LogP contribution in [0.2, 0.25) is 0 Å². The van der Waals surface area contributed by atoms with Gasteiger partial charge in [0.2, 0.25) is 0 Å². The van der Waals surface area contributed by atoms with Crippen LogP contribution in [0.15, 0.2) is 0 Å². The van der Waals surface area contributed by atoms with Crippen LogP contribution in [0.4, 0.5) is 4.79 Å². The smallest absolute Gasteiger partial charge is 0.326 e. The maximum Gasteiger partial charge on any atom is 0.326 e. The Hall–Kier alpha value is -1.26. The van der Waals surface area contributed by atoms with Crippen LogP contribution in [0.3, 0.4) is 0 Å². The SMILES string of the molecule is CC(C)CN(C(=O)N1CCC[C@H]1C(=O)O)C(C)C. The molecule has 5 heteroatoms. The van der Waals surface area contributed by atoms with Gasteiger partial charge in [-0.25, -0.2) is 9.59 Å². The van der Waals surface area contributed by atoms with Gasteiger partial charge in [-0.1, -0.05) is 13.8 Å². The Kier molecular flexibility index (Phi) is 4.99. The quantitative estimate of drug-likeness (QED) is 0.837. The van der Waals surface area contributed by atoms with Crippen LogP contribution in [0.1, 0.15) is 40.5 Å². The van der Waals surface area contributed by atoms with Gasteiger partial charge in [0, 0.05) is 19.1 Å². The highest BCUT2D eigenvalue weighted by Crippen LogP contribution is 2.20. The van der Waals surface area contributed by atoms with E-state index < -0.39 is 12.0 Å². The molecule has 0 saturated carbocycles. The van der Waals surface area contributed by atoms with Gasteiger partial charge >= 0.3 is 12.0 Å². The molecule has 104 valence electrons. The average molecular weight is 256 g/mol. The maximum absolute atomic E-state index is 12.4. The van der Waals surface area contributed by atoms with E-state index >= 15 is 0 Å². The second-order valence-corrected chi connectivity index (χ2v) is 5.61. The maximum atomic E-state index is 12.4. The summed E-state index contributed by atoms with van der Waals surface area (Å²) in [5, 5.41) is 9.12. The van der Waals surface area contributed by atoms with Crippen molar-refractivity contribution in [3.8, 4) is 0 Å². The number of likely N-dealkylation sites (tertiary alicyclic amines) is 1. The zero-order chi connectivity index (χ0) is 13.9. The second-order valence-electron chi connectivity index (χ2n) is 5.61. The summed E-state index contributed by atoms with van der Waals surface area (Å²) in [6.45, 7) is 9.26. The fourth-order valence-electron chi connectivity index (χ4n) is 2.32. The molecule has 0 radical (unpaired) electrons. The first-order valence-electron chi connectivity index (χ1n) is 6.64. The molecule has 0 aliphatic carbocycles. The van der Waals surface area contributed by atoms with Gasteiger partial charge in [-0.15, -0.1) is 0 Å². The molecule has 1 aliphatic heterocycles. The summed E-state index contributed by atoms with van der Waals surface area (Å²) in [5.74, 6) is -0.517.